The molecule has 2 amide bonds. The summed E-state index contributed by atoms with van der Waals surface area (Å²) in [5.41, 5.74) is 1.12. The molecule has 0 saturated carbocycles. The third kappa shape index (κ3) is 4.34. The number of aromatic nitrogens is 3. The standard InChI is InChI=1S/C19H24N6O2.ClH/c26-18(17-13-25(23-22-17)15-8-10-20-11-9-15)21-16-7-4-12-24(19(16)27)14-5-2-1-3-6-14;/h1-3,5-6,13,15-16,20H,4,7-12H2,(H,21,26);1H. The molecule has 0 radical (unpaired) electrons. The number of nitrogens with one attached hydrogen (secondary N) is 2. The maximum Gasteiger partial charge on any atom is 0.274 e. The molecular weight excluding hydrogens is 380 g/mol. The molecule has 2 fully saturated rings. The minimum absolute atomic E-state index is 0. The molecular formula is C19H25ClN6O2. The second-order valence-corrected chi connectivity index (χ2v) is 7.06. The monoisotopic (exact) mass is 404 g/mol. The van der Waals surface area contributed by atoms with Gasteiger partial charge in [-0.15, -0.1) is 17.5 Å². The van der Waals surface area contributed by atoms with Gasteiger partial charge in [-0.25, -0.2) is 4.68 Å². The zero-order valence-electron chi connectivity index (χ0n) is 15.6. The van der Waals surface area contributed by atoms with Crippen LogP contribution in [0.15, 0.2) is 36.5 Å². The van der Waals surface area contributed by atoms with Crippen molar-refractivity contribution in [3.63, 3.8) is 0 Å². The predicted molar refractivity (Wildman–Crippen MR) is 108 cm³/mol. The van der Waals surface area contributed by atoms with Gasteiger partial charge in [-0.1, -0.05) is 23.4 Å². The van der Waals surface area contributed by atoms with Crippen LogP contribution < -0.4 is 15.5 Å². The summed E-state index contributed by atoms with van der Waals surface area (Å²) in [5, 5.41) is 14.3. The summed E-state index contributed by atoms with van der Waals surface area (Å²) in [6.07, 6.45) is 5.10. The molecule has 2 aliphatic heterocycles. The van der Waals surface area contributed by atoms with Crippen molar-refractivity contribution in [2.75, 3.05) is 24.5 Å². The molecule has 150 valence electrons. The van der Waals surface area contributed by atoms with Crippen molar-refractivity contribution in [1.29, 1.82) is 0 Å². The van der Waals surface area contributed by atoms with Gasteiger partial charge < -0.3 is 15.5 Å². The smallest absolute Gasteiger partial charge is 0.274 e. The first kappa shape index (κ1) is 20.3. The maximum absolute atomic E-state index is 12.8. The molecule has 1 unspecified atom stereocenters. The van der Waals surface area contributed by atoms with E-state index in [1.807, 2.05) is 30.3 Å². The van der Waals surface area contributed by atoms with Crippen molar-refractivity contribution in [2.45, 2.75) is 37.8 Å². The number of carbonyl (C=O) groups excluding carboxylic acids is 2. The van der Waals surface area contributed by atoms with Crippen LogP contribution in [0.5, 0.6) is 0 Å². The van der Waals surface area contributed by atoms with E-state index < -0.39 is 6.04 Å². The molecule has 2 aliphatic rings. The van der Waals surface area contributed by atoms with E-state index in [9.17, 15) is 9.59 Å². The summed E-state index contributed by atoms with van der Waals surface area (Å²) in [5.74, 6) is -0.421. The number of carbonyl (C=O) groups is 2. The molecule has 0 aliphatic carbocycles. The topological polar surface area (TPSA) is 92.2 Å². The average molecular weight is 405 g/mol. The number of anilines is 1. The Morgan fingerprint density at radius 1 is 1.14 bits per heavy atom. The third-order valence-electron chi connectivity index (χ3n) is 5.24. The Kier molecular flexibility index (Phi) is 6.64. The number of halogens is 1. The van der Waals surface area contributed by atoms with Gasteiger partial charge in [-0.2, -0.15) is 0 Å². The highest BCUT2D eigenvalue weighted by Gasteiger charge is 2.31. The van der Waals surface area contributed by atoms with Crippen LogP contribution in [0.1, 0.15) is 42.2 Å². The van der Waals surface area contributed by atoms with Crippen molar-refractivity contribution < 1.29 is 9.59 Å². The number of hydrogen-bond acceptors (Lipinski definition) is 5. The summed E-state index contributed by atoms with van der Waals surface area (Å²) < 4.78 is 1.77. The van der Waals surface area contributed by atoms with Gasteiger partial charge in [0.15, 0.2) is 5.69 Å². The Morgan fingerprint density at radius 2 is 1.89 bits per heavy atom. The summed E-state index contributed by atoms with van der Waals surface area (Å²) in [6.45, 7) is 2.55. The van der Waals surface area contributed by atoms with E-state index in [0.717, 1.165) is 38.0 Å². The van der Waals surface area contributed by atoms with E-state index in [4.69, 9.17) is 0 Å². The van der Waals surface area contributed by atoms with Gasteiger partial charge in [-0.05, 0) is 50.9 Å². The van der Waals surface area contributed by atoms with Gasteiger partial charge in [0.25, 0.3) is 5.91 Å². The molecule has 0 spiro atoms. The molecule has 1 aromatic heterocycles. The summed E-state index contributed by atoms with van der Waals surface area (Å²) >= 11 is 0. The minimum atomic E-state index is -0.532. The number of nitrogens with zero attached hydrogens (tertiary/aromatic N) is 4. The lowest BCUT2D eigenvalue weighted by Gasteiger charge is -2.32. The Labute approximate surface area is 170 Å². The second kappa shape index (κ2) is 9.16. The zero-order valence-corrected chi connectivity index (χ0v) is 16.4. The largest absolute Gasteiger partial charge is 0.339 e. The quantitative estimate of drug-likeness (QED) is 0.806. The van der Waals surface area contributed by atoms with Gasteiger partial charge in [0.1, 0.15) is 6.04 Å². The Hall–Kier alpha value is -2.45. The maximum atomic E-state index is 12.8. The fourth-order valence-corrected chi connectivity index (χ4v) is 3.74. The average Bonchev–Trinajstić information content (AvgIpc) is 3.21. The molecule has 0 bridgehead atoms. The highest BCUT2D eigenvalue weighted by atomic mass is 35.5. The van der Waals surface area contributed by atoms with Gasteiger partial charge in [-0.3, -0.25) is 9.59 Å². The predicted octanol–water partition coefficient (Wildman–Crippen LogP) is 1.55. The van der Waals surface area contributed by atoms with E-state index in [1.54, 1.807) is 15.8 Å². The molecule has 2 saturated heterocycles. The zero-order chi connectivity index (χ0) is 18.6. The van der Waals surface area contributed by atoms with E-state index in [1.165, 1.54) is 0 Å². The lowest BCUT2D eigenvalue weighted by molar-refractivity contribution is -0.121. The fourth-order valence-electron chi connectivity index (χ4n) is 3.74. The number of para-hydroxylation sites is 1. The highest BCUT2D eigenvalue weighted by Crippen LogP contribution is 2.21. The second-order valence-electron chi connectivity index (χ2n) is 7.06. The van der Waals surface area contributed by atoms with Crippen molar-refractivity contribution in [1.82, 2.24) is 25.6 Å². The van der Waals surface area contributed by atoms with Crippen molar-refractivity contribution in [3.05, 3.63) is 42.2 Å². The number of amides is 2. The van der Waals surface area contributed by atoms with Gasteiger partial charge in [0, 0.05) is 12.2 Å². The molecule has 2 N–H and O–H groups in total. The van der Waals surface area contributed by atoms with Crippen LogP contribution in [0.4, 0.5) is 5.69 Å². The Bertz CT molecular complexity index is 806. The molecule has 8 nitrogen and oxygen atoms in total. The fraction of sp³-hybridized carbons (Fsp3) is 0.474. The van der Waals surface area contributed by atoms with Crippen LogP contribution in [0.25, 0.3) is 0 Å². The van der Waals surface area contributed by atoms with E-state index in [2.05, 4.69) is 20.9 Å². The third-order valence-corrected chi connectivity index (χ3v) is 5.24. The minimum Gasteiger partial charge on any atom is -0.339 e. The Morgan fingerprint density at radius 3 is 2.64 bits per heavy atom. The molecule has 1 aromatic carbocycles. The SMILES string of the molecule is Cl.O=C(NC1CCCN(c2ccccc2)C1=O)c1cn(C2CCNCC2)nn1. The van der Waals surface area contributed by atoms with Crippen LogP contribution in [0, 0.1) is 0 Å². The van der Waals surface area contributed by atoms with E-state index in [0.29, 0.717) is 13.0 Å². The molecule has 9 heteroatoms. The van der Waals surface area contributed by atoms with Crippen molar-refractivity contribution >= 4 is 29.9 Å². The molecule has 28 heavy (non-hydrogen) atoms. The lowest BCUT2D eigenvalue weighted by atomic mass is 10.0. The van der Waals surface area contributed by atoms with Crippen LogP contribution in [-0.2, 0) is 4.79 Å². The van der Waals surface area contributed by atoms with Crippen LogP contribution in [0.3, 0.4) is 0 Å². The van der Waals surface area contributed by atoms with E-state index >= 15 is 0 Å². The van der Waals surface area contributed by atoms with Crippen molar-refractivity contribution in [2.24, 2.45) is 0 Å². The van der Waals surface area contributed by atoms with Crippen LogP contribution in [-0.4, -0.2) is 52.5 Å². The normalized spacial score (nSPS) is 20.5. The number of rotatable bonds is 4. The number of benzene rings is 1. The molecule has 2 aromatic rings. The summed E-state index contributed by atoms with van der Waals surface area (Å²) in [4.78, 5) is 27.1. The van der Waals surface area contributed by atoms with Gasteiger partial charge in [0.2, 0.25) is 5.91 Å². The van der Waals surface area contributed by atoms with Crippen LogP contribution in [0.2, 0.25) is 0 Å². The number of piperidine rings is 2. The van der Waals surface area contributed by atoms with E-state index in [-0.39, 0.29) is 36.0 Å². The lowest BCUT2D eigenvalue weighted by Crippen LogP contribution is -2.52. The molecule has 4 rings (SSSR count). The first-order chi connectivity index (χ1) is 13.2. The molecule has 1 atom stereocenters. The van der Waals surface area contributed by atoms with Crippen LogP contribution >= 0.6 is 12.4 Å². The summed E-state index contributed by atoms with van der Waals surface area (Å²) in [6, 6.07) is 9.29. The van der Waals surface area contributed by atoms with Gasteiger partial charge >= 0.3 is 0 Å². The number of hydrogen-bond donors (Lipinski definition) is 2. The Balaban J connectivity index is 0.00000225. The first-order valence-electron chi connectivity index (χ1n) is 9.52. The summed E-state index contributed by atoms with van der Waals surface area (Å²) in [7, 11) is 0. The molecule has 3 heterocycles. The van der Waals surface area contributed by atoms with Crippen molar-refractivity contribution in [3.8, 4) is 0 Å². The highest BCUT2D eigenvalue weighted by molar-refractivity contribution is 6.02. The van der Waals surface area contributed by atoms with Gasteiger partial charge in [0.05, 0.1) is 12.2 Å². The first-order valence-corrected chi connectivity index (χ1v) is 9.52.